The lowest BCUT2D eigenvalue weighted by Gasteiger charge is -2.26. The lowest BCUT2D eigenvalue weighted by molar-refractivity contribution is 0.337. The van der Waals surface area contributed by atoms with Crippen LogP contribution in [0.2, 0.25) is 0 Å². The van der Waals surface area contributed by atoms with Crippen LogP contribution in [0.25, 0.3) is 5.82 Å². The molecule has 0 N–H and O–H groups in total. The van der Waals surface area contributed by atoms with Gasteiger partial charge in [-0.1, -0.05) is 33.8 Å². The van der Waals surface area contributed by atoms with Gasteiger partial charge < -0.3 is 0 Å². The van der Waals surface area contributed by atoms with Crippen molar-refractivity contribution in [3.05, 3.63) is 41.3 Å². The third kappa shape index (κ3) is 2.94. The molecule has 0 aliphatic heterocycles. The Bertz CT molecular complexity index is 626. The number of nitrogens with zero attached hydrogens (tertiary/aromatic N) is 3. The SMILES string of the molecule is CC(C)Cc1nn(-c2ccccn2)c2c1CCC(C(C)C)C2. The molecule has 0 spiro atoms. The van der Waals surface area contributed by atoms with Crippen molar-refractivity contribution in [2.75, 3.05) is 0 Å². The summed E-state index contributed by atoms with van der Waals surface area (Å²) >= 11 is 0. The van der Waals surface area contributed by atoms with Gasteiger partial charge >= 0.3 is 0 Å². The number of hydrogen-bond donors (Lipinski definition) is 0. The van der Waals surface area contributed by atoms with E-state index in [1.165, 1.54) is 29.8 Å². The first kappa shape index (κ1) is 15.3. The first-order valence-corrected chi connectivity index (χ1v) is 8.57. The van der Waals surface area contributed by atoms with Crippen LogP contribution >= 0.6 is 0 Å². The molecule has 0 saturated carbocycles. The lowest BCUT2D eigenvalue weighted by Crippen LogP contribution is -2.21. The van der Waals surface area contributed by atoms with Gasteiger partial charge in [0.25, 0.3) is 0 Å². The third-order valence-corrected chi connectivity index (χ3v) is 4.80. The van der Waals surface area contributed by atoms with Crippen LogP contribution in [0.1, 0.15) is 51.1 Å². The van der Waals surface area contributed by atoms with Crippen molar-refractivity contribution in [1.82, 2.24) is 14.8 Å². The maximum absolute atomic E-state index is 4.95. The Labute approximate surface area is 133 Å². The van der Waals surface area contributed by atoms with Gasteiger partial charge in [-0.15, -0.1) is 0 Å². The van der Waals surface area contributed by atoms with E-state index in [-0.39, 0.29) is 0 Å². The quantitative estimate of drug-likeness (QED) is 0.845. The molecule has 0 amide bonds. The van der Waals surface area contributed by atoms with E-state index >= 15 is 0 Å². The summed E-state index contributed by atoms with van der Waals surface area (Å²) in [5.74, 6) is 3.09. The lowest BCUT2D eigenvalue weighted by atomic mass is 9.80. The van der Waals surface area contributed by atoms with Gasteiger partial charge in [-0.2, -0.15) is 5.10 Å². The van der Waals surface area contributed by atoms with E-state index in [1.54, 1.807) is 0 Å². The highest BCUT2D eigenvalue weighted by Crippen LogP contribution is 2.33. The maximum atomic E-state index is 4.95. The molecule has 3 rings (SSSR count). The van der Waals surface area contributed by atoms with Crippen molar-refractivity contribution in [2.24, 2.45) is 17.8 Å². The largest absolute Gasteiger partial charge is 0.237 e. The normalized spacial score (nSPS) is 18.0. The third-order valence-electron chi connectivity index (χ3n) is 4.80. The number of hydrogen-bond acceptors (Lipinski definition) is 2. The van der Waals surface area contributed by atoms with E-state index < -0.39 is 0 Å². The molecule has 0 aromatic carbocycles. The second-order valence-corrected chi connectivity index (χ2v) is 7.32. The molecule has 118 valence electrons. The molecule has 0 saturated heterocycles. The number of fused-ring (bicyclic) bond motifs is 1. The zero-order valence-corrected chi connectivity index (χ0v) is 14.2. The van der Waals surface area contributed by atoms with Crippen LogP contribution < -0.4 is 0 Å². The van der Waals surface area contributed by atoms with Crippen LogP contribution in [0.5, 0.6) is 0 Å². The first-order valence-electron chi connectivity index (χ1n) is 8.57. The summed E-state index contributed by atoms with van der Waals surface area (Å²) in [4.78, 5) is 4.52. The van der Waals surface area contributed by atoms with Gasteiger partial charge in [-0.05, 0) is 61.1 Å². The molecule has 3 heteroatoms. The fourth-order valence-electron chi connectivity index (χ4n) is 3.50. The van der Waals surface area contributed by atoms with Crippen LogP contribution in [0.4, 0.5) is 0 Å². The molecule has 0 radical (unpaired) electrons. The van der Waals surface area contributed by atoms with E-state index in [0.29, 0.717) is 5.92 Å². The highest BCUT2D eigenvalue weighted by Gasteiger charge is 2.28. The highest BCUT2D eigenvalue weighted by atomic mass is 15.3. The van der Waals surface area contributed by atoms with Gasteiger partial charge in [-0.3, -0.25) is 0 Å². The molecule has 2 aromatic heterocycles. The Morgan fingerprint density at radius 3 is 2.68 bits per heavy atom. The average Bonchev–Trinajstić information content (AvgIpc) is 2.85. The standard InChI is InChI=1S/C19H27N3/c1-13(2)11-17-16-9-8-15(14(3)4)12-18(16)22(21-17)19-7-5-6-10-20-19/h5-7,10,13-15H,8-9,11-12H2,1-4H3. The highest BCUT2D eigenvalue weighted by molar-refractivity contribution is 5.36. The van der Waals surface area contributed by atoms with Crippen LogP contribution in [0, 0.1) is 17.8 Å². The van der Waals surface area contributed by atoms with Crippen molar-refractivity contribution in [3.63, 3.8) is 0 Å². The Morgan fingerprint density at radius 2 is 2.05 bits per heavy atom. The molecule has 2 aromatic rings. The Hall–Kier alpha value is -1.64. The summed E-state index contributed by atoms with van der Waals surface area (Å²) in [6.45, 7) is 9.22. The molecule has 0 bridgehead atoms. The topological polar surface area (TPSA) is 30.7 Å². The zero-order valence-electron chi connectivity index (χ0n) is 14.2. The van der Waals surface area contributed by atoms with Gasteiger partial charge in [0.05, 0.1) is 5.69 Å². The minimum Gasteiger partial charge on any atom is -0.237 e. The molecule has 0 fully saturated rings. The minimum absolute atomic E-state index is 0.638. The van der Waals surface area contributed by atoms with Crippen molar-refractivity contribution >= 4 is 0 Å². The summed E-state index contributed by atoms with van der Waals surface area (Å²) in [6.07, 6.45) is 6.52. The van der Waals surface area contributed by atoms with Crippen LogP contribution in [-0.4, -0.2) is 14.8 Å². The molecule has 1 unspecified atom stereocenters. The smallest absolute Gasteiger partial charge is 0.153 e. The summed E-state index contributed by atoms with van der Waals surface area (Å²) in [7, 11) is 0. The fraction of sp³-hybridized carbons (Fsp3) is 0.579. The van der Waals surface area contributed by atoms with Crippen LogP contribution in [-0.2, 0) is 19.3 Å². The molecule has 1 aliphatic carbocycles. The number of aromatic nitrogens is 3. The minimum atomic E-state index is 0.638. The summed E-state index contributed by atoms with van der Waals surface area (Å²) in [5, 5.41) is 4.95. The average molecular weight is 297 g/mol. The van der Waals surface area contributed by atoms with E-state index in [9.17, 15) is 0 Å². The van der Waals surface area contributed by atoms with Crippen molar-refractivity contribution < 1.29 is 0 Å². The first-order chi connectivity index (χ1) is 10.6. The molecule has 1 aliphatic rings. The van der Waals surface area contributed by atoms with Crippen LogP contribution in [0.3, 0.4) is 0 Å². The van der Waals surface area contributed by atoms with Gasteiger partial charge in [0.15, 0.2) is 5.82 Å². The van der Waals surface area contributed by atoms with E-state index in [2.05, 4.69) is 43.4 Å². The molecule has 22 heavy (non-hydrogen) atoms. The summed E-state index contributed by atoms with van der Waals surface area (Å²) in [5.41, 5.74) is 4.19. The zero-order chi connectivity index (χ0) is 15.7. The van der Waals surface area contributed by atoms with Crippen LogP contribution in [0.15, 0.2) is 24.4 Å². The van der Waals surface area contributed by atoms with E-state index in [0.717, 1.165) is 30.5 Å². The summed E-state index contributed by atoms with van der Waals surface area (Å²) in [6, 6.07) is 6.07. The fourth-order valence-corrected chi connectivity index (χ4v) is 3.50. The van der Waals surface area contributed by atoms with Crippen molar-refractivity contribution in [1.29, 1.82) is 0 Å². The predicted octanol–water partition coefficient (Wildman–Crippen LogP) is 4.23. The molecular weight excluding hydrogens is 270 g/mol. The van der Waals surface area contributed by atoms with E-state index in [1.807, 2.05) is 18.3 Å². The summed E-state index contributed by atoms with van der Waals surface area (Å²) < 4.78 is 2.11. The maximum Gasteiger partial charge on any atom is 0.153 e. The predicted molar refractivity (Wildman–Crippen MR) is 90.3 cm³/mol. The van der Waals surface area contributed by atoms with E-state index in [4.69, 9.17) is 5.10 Å². The molecular formula is C19H27N3. The van der Waals surface area contributed by atoms with Gasteiger partial charge in [0, 0.05) is 11.9 Å². The molecule has 2 heterocycles. The Morgan fingerprint density at radius 1 is 1.23 bits per heavy atom. The van der Waals surface area contributed by atoms with Crippen molar-refractivity contribution in [2.45, 2.75) is 53.4 Å². The number of rotatable bonds is 4. The second-order valence-electron chi connectivity index (χ2n) is 7.32. The van der Waals surface area contributed by atoms with Gasteiger partial charge in [0.1, 0.15) is 0 Å². The van der Waals surface area contributed by atoms with Gasteiger partial charge in [-0.25, -0.2) is 9.67 Å². The van der Waals surface area contributed by atoms with Gasteiger partial charge in [0.2, 0.25) is 0 Å². The Balaban J connectivity index is 2.04. The molecule has 1 atom stereocenters. The number of pyridine rings is 1. The Kier molecular flexibility index (Phi) is 4.32. The molecule has 3 nitrogen and oxygen atoms in total. The monoisotopic (exact) mass is 297 g/mol. The van der Waals surface area contributed by atoms with Crippen molar-refractivity contribution in [3.8, 4) is 5.82 Å². The second kappa shape index (κ2) is 6.23.